The predicted molar refractivity (Wildman–Crippen MR) is 143 cm³/mol. The maximum Gasteiger partial charge on any atom is 0.245 e. The van der Waals surface area contributed by atoms with Crippen LogP contribution in [0.1, 0.15) is 42.1 Å². The van der Waals surface area contributed by atoms with Gasteiger partial charge in [-0.2, -0.15) is 5.10 Å². The standard InChI is InChI=1S/C30H31N5O/c1-3-28(36)34-17-15-24(16-18-34)31-26-13-11-22-19-23(10-12-25(22)26)29-30(21-7-5-4-6-8-21)35-27(32-29)14-9-20(2)33-35/h3-10,12,14,19,24,26,31H,1,11,13,15-18H2,2H3. The zero-order chi connectivity index (χ0) is 24.6. The minimum absolute atomic E-state index is 0.0411. The first kappa shape index (κ1) is 22.7. The van der Waals surface area contributed by atoms with Crippen molar-refractivity contribution in [1.82, 2.24) is 24.8 Å². The monoisotopic (exact) mass is 477 g/mol. The number of fused-ring (bicyclic) bond motifs is 2. The second-order valence-electron chi connectivity index (χ2n) is 9.89. The van der Waals surface area contributed by atoms with Gasteiger partial charge in [-0.15, -0.1) is 0 Å². The smallest absolute Gasteiger partial charge is 0.245 e. The Morgan fingerprint density at radius 2 is 1.83 bits per heavy atom. The highest BCUT2D eigenvalue weighted by Gasteiger charge is 2.28. The van der Waals surface area contributed by atoms with Gasteiger partial charge in [-0.3, -0.25) is 4.79 Å². The second kappa shape index (κ2) is 9.36. The van der Waals surface area contributed by atoms with Crippen molar-refractivity contribution in [3.63, 3.8) is 0 Å². The molecule has 0 bridgehead atoms. The molecule has 1 aliphatic carbocycles. The Balaban J connectivity index is 1.28. The molecule has 2 aliphatic rings. The van der Waals surface area contributed by atoms with Gasteiger partial charge in [0.2, 0.25) is 5.91 Å². The number of imidazole rings is 1. The quantitative estimate of drug-likeness (QED) is 0.405. The lowest BCUT2D eigenvalue weighted by Crippen LogP contribution is -2.45. The molecule has 0 spiro atoms. The van der Waals surface area contributed by atoms with Crippen LogP contribution < -0.4 is 5.32 Å². The minimum Gasteiger partial charge on any atom is -0.339 e. The van der Waals surface area contributed by atoms with Gasteiger partial charge in [0.1, 0.15) is 5.69 Å². The van der Waals surface area contributed by atoms with Crippen molar-refractivity contribution >= 4 is 11.6 Å². The summed E-state index contributed by atoms with van der Waals surface area (Å²) in [4.78, 5) is 18.8. The van der Waals surface area contributed by atoms with Crippen LogP contribution >= 0.6 is 0 Å². The van der Waals surface area contributed by atoms with Gasteiger partial charge in [-0.25, -0.2) is 9.50 Å². The summed E-state index contributed by atoms with van der Waals surface area (Å²) in [5.74, 6) is 0.0411. The third kappa shape index (κ3) is 4.11. The molecular formula is C30H31N5O. The number of hydrogen-bond acceptors (Lipinski definition) is 4. The van der Waals surface area contributed by atoms with E-state index in [2.05, 4.69) is 54.4 Å². The van der Waals surface area contributed by atoms with Crippen LogP contribution in [-0.4, -0.2) is 44.5 Å². The van der Waals surface area contributed by atoms with Crippen molar-refractivity contribution in [1.29, 1.82) is 0 Å². The maximum atomic E-state index is 11.9. The highest BCUT2D eigenvalue weighted by atomic mass is 16.2. The number of hydrogen-bond donors (Lipinski definition) is 1. The van der Waals surface area contributed by atoms with Crippen LogP contribution in [0.4, 0.5) is 0 Å². The van der Waals surface area contributed by atoms with Crippen LogP contribution in [0.5, 0.6) is 0 Å². The number of aryl methyl sites for hydroxylation is 2. The summed E-state index contributed by atoms with van der Waals surface area (Å²) < 4.78 is 1.97. The van der Waals surface area contributed by atoms with Gasteiger partial charge >= 0.3 is 0 Å². The highest BCUT2D eigenvalue weighted by Crippen LogP contribution is 2.38. The molecule has 0 radical (unpaired) electrons. The van der Waals surface area contributed by atoms with Crippen molar-refractivity contribution in [2.24, 2.45) is 0 Å². The van der Waals surface area contributed by atoms with Crippen LogP contribution in [0.2, 0.25) is 0 Å². The van der Waals surface area contributed by atoms with Crippen molar-refractivity contribution in [2.75, 3.05) is 13.1 Å². The normalized spacial score (nSPS) is 17.9. The third-order valence-electron chi connectivity index (χ3n) is 7.57. The zero-order valence-electron chi connectivity index (χ0n) is 20.7. The van der Waals surface area contributed by atoms with E-state index in [9.17, 15) is 4.79 Å². The Morgan fingerprint density at radius 3 is 2.61 bits per heavy atom. The summed E-state index contributed by atoms with van der Waals surface area (Å²) in [7, 11) is 0. The second-order valence-corrected chi connectivity index (χ2v) is 9.89. The first-order valence-corrected chi connectivity index (χ1v) is 12.8. The Bertz CT molecular complexity index is 1430. The number of aromatic nitrogens is 3. The predicted octanol–water partition coefficient (Wildman–Crippen LogP) is 5.13. The first-order chi connectivity index (χ1) is 17.6. The molecule has 182 valence electrons. The van der Waals surface area contributed by atoms with E-state index in [-0.39, 0.29) is 5.91 Å². The fourth-order valence-corrected chi connectivity index (χ4v) is 5.70. The molecule has 4 aromatic rings. The maximum absolute atomic E-state index is 11.9. The minimum atomic E-state index is 0.0411. The van der Waals surface area contributed by atoms with E-state index in [1.807, 2.05) is 34.5 Å². The van der Waals surface area contributed by atoms with Crippen LogP contribution in [0.25, 0.3) is 28.2 Å². The molecular weight excluding hydrogens is 446 g/mol. The fourth-order valence-electron chi connectivity index (χ4n) is 5.70. The summed E-state index contributed by atoms with van der Waals surface area (Å²) in [6, 6.07) is 22.1. The molecule has 6 heteroatoms. The Labute approximate surface area is 211 Å². The first-order valence-electron chi connectivity index (χ1n) is 12.8. The molecule has 2 aromatic carbocycles. The van der Waals surface area contributed by atoms with Crippen LogP contribution in [0.15, 0.2) is 73.3 Å². The highest BCUT2D eigenvalue weighted by molar-refractivity contribution is 5.87. The van der Waals surface area contributed by atoms with Crippen molar-refractivity contribution in [3.8, 4) is 22.5 Å². The number of nitrogens with zero attached hydrogens (tertiary/aromatic N) is 4. The largest absolute Gasteiger partial charge is 0.339 e. The molecule has 1 N–H and O–H groups in total. The van der Waals surface area contributed by atoms with Crippen LogP contribution in [-0.2, 0) is 11.2 Å². The van der Waals surface area contributed by atoms with E-state index >= 15 is 0 Å². The molecule has 3 heterocycles. The number of nitrogens with one attached hydrogen (secondary N) is 1. The summed E-state index contributed by atoms with van der Waals surface area (Å²) in [6.45, 7) is 7.22. The number of piperidine rings is 1. The number of amides is 1. The van der Waals surface area contributed by atoms with Gasteiger partial charge in [0.15, 0.2) is 5.65 Å². The van der Waals surface area contributed by atoms with E-state index in [1.54, 1.807) is 0 Å². The average molecular weight is 478 g/mol. The number of benzene rings is 2. The SMILES string of the molecule is C=CC(=O)N1CCC(NC2CCc3cc(-c4nc5ccc(C)nn5c4-c4ccccc4)ccc32)CC1. The van der Waals surface area contributed by atoms with Crippen molar-refractivity contribution < 1.29 is 4.79 Å². The molecule has 1 unspecified atom stereocenters. The number of rotatable bonds is 5. The molecule has 0 saturated carbocycles. The van der Waals surface area contributed by atoms with Gasteiger partial charge in [-0.05, 0) is 68.0 Å². The van der Waals surface area contributed by atoms with Crippen LogP contribution in [0, 0.1) is 6.92 Å². The lowest BCUT2D eigenvalue weighted by atomic mass is 9.99. The van der Waals surface area contributed by atoms with Gasteiger partial charge < -0.3 is 10.2 Å². The Kier molecular flexibility index (Phi) is 5.89. The molecule has 36 heavy (non-hydrogen) atoms. The molecule has 1 amide bonds. The topological polar surface area (TPSA) is 62.5 Å². The third-order valence-corrected chi connectivity index (χ3v) is 7.57. The van der Waals surface area contributed by atoms with Gasteiger partial charge in [0.05, 0.1) is 11.4 Å². The number of carbonyl (C=O) groups excluding carboxylic acids is 1. The number of likely N-dealkylation sites (tertiary alicyclic amines) is 1. The molecule has 1 atom stereocenters. The molecule has 6 nitrogen and oxygen atoms in total. The van der Waals surface area contributed by atoms with E-state index in [1.165, 1.54) is 17.2 Å². The summed E-state index contributed by atoms with van der Waals surface area (Å²) in [5, 5.41) is 8.67. The summed E-state index contributed by atoms with van der Waals surface area (Å²) in [5.41, 5.74) is 8.85. The van der Waals surface area contributed by atoms with Crippen molar-refractivity contribution in [3.05, 3.63) is 90.1 Å². The lowest BCUT2D eigenvalue weighted by molar-refractivity contribution is -0.127. The fraction of sp³-hybridized carbons (Fsp3) is 0.300. The van der Waals surface area contributed by atoms with E-state index in [4.69, 9.17) is 10.1 Å². The number of carbonyl (C=O) groups is 1. The molecule has 1 fully saturated rings. The molecule has 1 saturated heterocycles. The Morgan fingerprint density at radius 1 is 1.03 bits per heavy atom. The van der Waals surface area contributed by atoms with Crippen molar-refractivity contribution in [2.45, 2.75) is 44.7 Å². The van der Waals surface area contributed by atoms with Gasteiger partial charge in [0, 0.05) is 36.3 Å². The summed E-state index contributed by atoms with van der Waals surface area (Å²) in [6.07, 6.45) is 5.54. The van der Waals surface area contributed by atoms with Crippen LogP contribution in [0.3, 0.4) is 0 Å². The zero-order valence-corrected chi connectivity index (χ0v) is 20.7. The van der Waals surface area contributed by atoms with E-state index < -0.39 is 0 Å². The molecule has 2 aromatic heterocycles. The molecule has 1 aliphatic heterocycles. The van der Waals surface area contributed by atoms with E-state index in [0.29, 0.717) is 12.1 Å². The van der Waals surface area contributed by atoms with E-state index in [0.717, 1.165) is 72.6 Å². The molecule has 6 rings (SSSR count). The Hall–Kier alpha value is -3.77. The summed E-state index contributed by atoms with van der Waals surface area (Å²) >= 11 is 0. The average Bonchev–Trinajstić information content (AvgIpc) is 3.49. The van der Waals surface area contributed by atoms with Gasteiger partial charge in [-0.1, -0.05) is 49.0 Å². The van der Waals surface area contributed by atoms with Gasteiger partial charge in [0.25, 0.3) is 0 Å². The lowest BCUT2D eigenvalue weighted by Gasteiger charge is -2.33.